The molecule has 0 bridgehead atoms. The molecule has 0 aliphatic heterocycles. The van der Waals surface area contributed by atoms with E-state index in [9.17, 15) is 0 Å². The van der Waals surface area contributed by atoms with Gasteiger partial charge in [0.05, 0.1) is 21.3 Å². The van der Waals surface area contributed by atoms with Gasteiger partial charge < -0.3 is 19.9 Å². The van der Waals surface area contributed by atoms with E-state index in [-0.39, 0.29) is 0 Å². The molecule has 0 aliphatic carbocycles. The molecule has 4 nitrogen and oxygen atoms in total. The number of hydrogen-bond donors (Lipinski definition) is 1. The molecule has 0 unspecified atom stereocenters. The van der Waals surface area contributed by atoms with Gasteiger partial charge >= 0.3 is 0 Å². The number of ether oxygens (including phenoxy) is 3. The predicted molar refractivity (Wildman–Crippen MR) is 68.3 cm³/mol. The summed E-state index contributed by atoms with van der Waals surface area (Å²) in [6.45, 7) is 3.74. The third kappa shape index (κ3) is 2.58. The summed E-state index contributed by atoms with van der Waals surface area (Å²) in [6, 6.07) is 1.78. The minimum Gasteiger partial charge on any atom is -0.495 e. The Balaban J connectivity index is 3.57. The van der Waals surface area contributed by atoms with Gasteiger partial charge in [-0.05, 0) is 19.9 Å². The van der Waals surface area contributed by atoms with E-state index in [2.05, 4.69) is 0 Å². The molecular formula is C12H18ClNO3. The number of rotatable bonds is 4. The Bertz CT molecular complexity index is 413. The molecule has 2 N–H and O–H groups in total. The zero-order valence-corrected chi connectivity index (χ0v) is 11.5. The topological polar surface area (TPSA) is 53.7 Å². The lowest BCUT2D eigenvalue weighted by Crippen LogP contribution is -2.29. The molecule has 0 spiro atoms. The second-order valence-electron chi connectivity index (χ2n) is 4.23. The SMILES string of the molecule is COc1cc(C(C)(C)N)c(OC)c(Cl)c1OC. The van der Waals surface area contributed by atoms with Crippen molar-refractivity contribution in [1.82, 2.24) is 0 Å². The lowest BCUT2D eigenvalue weighted by molar-refractivity contribution is 0.343. The summed E-state index contributed by atoms with van der Waals surface area (Å²) in [7, 11) is 4.62. The van der Waals surface area contributed by atoms with Crippen molar-refractivity contribution >= 4 is 11.6 Å². The van der Waals surface area contributed by atoms with Crippen molar-refractivity contribution in [2.24, 2.45) is 5.73 Å². The lowest BCUT2D eigenvalue weighted by atomic mass is 9.94. The van der Waals surface area contributed by atoms with E-state index in [0.29, 0.717) is 22.3 Å². The maximum atomic E-state index is 6.22. The summed E-state index contributed by atoms with van der Waals surface area (Å²) in [5.74, 6) is 1.49. The van der Waals surface area contributed by atoms with Crippen LogP contribution in [0.1, 0.15) is 19.4 Å². The van der Waals surface area contributed by atoms with E-state index in [1.54, 1.807) is 20.3 Å². The molecule has 0 radical (unpaired) electrons. The van der Waals surface area contributed by atoms with E-state index in [1.807, 2.05) is 13.8 Å². The van der Waals surface area contributed by atoms with Crippen molar-refractivity contribution < 1.29 is 14.2 Å². The molecule has 0 amide bonds. The smallest absolute Gasteiger partial charge is 0.183 e. The summed E-state index contributed by atoms with van der Waals surface area (Å²) in [4.78, 5) is 0. The third-order valence-corrected chi connectivity index (χ3v) is 2.81. The van der Waals surface area contributed by atoms with Crippen molar-refractivity contribution in [3.05, 3.63) is 16.7 Å². The van der Waals surface area contributed by atoms with E-state index in [1.165, 1.54) is 7.11 Å². The van der Waals surface area contributed by atoms with Crippen molar-refractivity contribution in [3.8, 4) is 17.2 Å². The average Bonchev–Trinajstić information content (AvgIpc) is 2.26. The number of benzene rings is 1. The van der Waals surface area contributed by atoms with Crippen molar-refractivity contribution in [2.75, 3.05) is 21.3 Å². The van der Waals surface area contributed by atoms with Crippen LogP contribution in [-0.2, 0) is 5.54 Å². The first-order valence-electron chi connectivity index (χ1n) is 5.14. The minimum atomic E-state index is -0.589. The largest absolute Gasteiger partial charge is 0.495 e. The van der Waals surface area contributed by atoms with Gasteiger partial charge in [0, 0.05) is 11.1 Å². The Hall–Kier alpha value is -1.13. The highest BCUT2D eigenvalue weighted by molar-refractivity contribution is 6.34. The van der Waals surface area contributed by atoms with Gasteiger partial charge in [0.1, 0.15) is 10.8 Å². The van der Waals surface area contributed by atoms with Crippen molar-refractivity contribution in [1.29, 1.82) is 0 Å². The molecule has 96 valence electrons. The molecule has 0 heterocycles. The van der Waals surface area contributed by atoms with Gasteiger partial charge in [-0.25, -0.2) is 0 Å². The molecule has 0 saturated heterocycles. The Labute approximate surface area is 107 Å². The molecule has 1 aromatic carbocycles. The van der Waals surface area contributed by atoms with Gasteiger partial charge in [-0.1, -0.05) is 11.6 Å². The lowest BCUT2D eigenvalue weighted by Gasteiger charge is -2.24. The van der Waals surface area contributed by atoms with E-state index >= 15 is 0 Å². The standard InChI is InChI=1S/C12H18ClNO3/c1-12(2,14)7-6-8(15-3)11(17-5)9(13)10(7)16-4/h6H,14H2,1-5H3. The Morgan fingerprint density at radius 1 is 1.06 bits per heavy atom. The first-order valence-corrected chi connectivity index (χ1v) is 5.52. The van der Waals surface area contributed by atoms with Crippen LogP contribution >= 0.6 is 11.6 Å². The van der Waals surface area contributed by atoms with Gasteiger partial charge in [-0.3, -0.25) is 0 Å². The second-order valence-corrected chi connectivity index (χ2v) is 4.61. The average molecular weight is 260 g/mol. The van der Waals surface area contributed by atoms with Crippen LogP contribution in [0.5, 0.6) is 17.2 Å². The van der Waals surface area contributed by atoms with E-state index in [0.717, 1.165) is 5.56 Å². The molecule has 5 heteroatoms. The number of nitrogens with two attached hydrogens (primary N) is 1. The first kappa shape index (κ1) is 13.9. The summed E-state index contributed by atoms with van der Waals surface area (Å²) < 4.78 is 15.7. The van der Waals surface area contributed by atoms with Gasteiger partial charge in [0.15, 0.2) is 11.5 Å². The Morgan fingerprint density at radius 2 is 1.59 bits per heavy atom. The summed E-state index contributed by atoms with van der Waals surface area (Å²) in [5.41, 5.74) is 6.26. The van der Waals surface area contributed by atoms with Crippen molar-refractivity contribution in [3.63, 3.8) is 0 Å². The maximum Gasteiger partial charge on any atom is 0.183 e. The van der Waals surface area contributed by atoms with Gasteiger partial charge in [0.25, 0.3) is 0 Å². The van der Waals surface area contributed by atoms with Crippen LogP contribution in [0.3, 0.4) is 0 Å². The third-order valence-electron chi connectivity index (χ3n) is 2.46. The summed E-state index contributed by atoms with van der Waals surface area (Å²) in [6.07, 6.45) is 0. The zero-order valence-electron chi connectivity index (χ0n) is 10.8. The number of hydrogen-bond acceptors (Lipinski definition) is 4. The molecule has 0 aliphatic rings. The predicted octanol–water partition coefficient (Wildman–Crippen LogP) is 2.56. The quantitative estimate of drug-likeness (QED) is 0.903. The number of halogens is 1. The van der Waals surface area contributed by atoms with Gasteiger partial charge in [0.2, 0.25) is 0 Å². The van der Waals surface area contributed by atoms with Crippen LogP contribution in [-0.4, -0.2) is 21.3 Å². The normalized spacial score (nSPS) is 11.2. The Kier molecular flexibility index (Phi) is 4.11. The molecule has 17 heavy (non-hydrogen) atoms. The van der Waals surface area contributed by atoms with Crippen LogP contribution in [0.2, 0.25) is 5.02 Å². The Morgan fingerprint density at radius 3 is 1.94 bits per heavy atom. The highest BCUT2D eigenvalue weighted by Gasteiger charge is 2.26. The van der Waals surface area contributed by atoms with Gasteiger partial charge in [-0.15, -0.1) is 0 Å². The van der Waals surface area contributed by atoms with Crippen LogP contribution in [0.4, 0.5) is 0 Å². The summed E-state index contributed by atoms with van der Waals surface area (Å²) >= 11 is 6.22. The molecule has 1 rings (SSSR count). The molecule has 0 atom stereocenters. The van der Waals surface area contributed by atoms with E-state index < -0.39 is 5.54 Å². The fourth-order valence-electron chi connectivity index (χ4n) is 1.61. The van der Waals surface area contributed by atoms with Crippen LogP contribution in [0.15, 0.2) is 6.07 Å². The monoisotopic (exact) mass is 259 g/mol. The molecule has 0 aromatic heterocycles. The molecule has 0 saturated carbocycles. The number of methoxy groups -OCH3 is 3. The minimum absolute atomic E-state index is 0.364. The summed E-state index contributed by atoms with van der Waals surface area (Å²) in [5, 5.41) is 0.364. The fourth-order valence-corrected chi connectivity index (χ4v) is 1.96. The van der Waals surface area contributed by atoms with Crippen LogP contribution in [0.25, 0.3) is 0 Å². The second kappa shape index (κ2) is 5.02. The van der Waals surface area contributed by atoms with Crippen molar-refractivity contribution in [2.45, 2.75) is 19.4 Å². The van der Waals surface area contributed by atoms with Crippen LogP contribution < -0.4 is 19.9 Å². The zero-order chi connectivity index (χ0) is 13.2. The first-order chi connectivity index (χ1) is 7.86. The molecule has 0 fully saturated rings. The maximum absolute atomic E-state index is 6.22. The molecular weight excluding hydrogens is 242 g/mol. The molecule has 1 aromatic rings. The van der Waals surface area contributed by atoms with E-state index in [4.69, 9.17) is 31.5 Å². The highest BCUT2D eigenvalue weighted by Crippen LogP contribution is 2.46. The van der Waals surface area contributed by atoms with Gasteiger partial charge in [-0.2, -0.15) is 0 Å². The fraction of sp³-hybridized carbons (Fsp3) is 0.500. The van der Waals surface area contributed by atoms with Crippen LogP contribution in [0, 0.1) is 0 Å². The highest BCUT2D eigenvalue weighted by atomic mass is 35.5.